The van der Waals surface area contributed by atoms with Crippen molar-refractivity contribution in [2.45, 2.75) is 45.3 Å². The van der Waals surface area contributed by atoms with Gasteiger partial charge in [0.25, 0.3) is 0 Å². The normalized spacial score (nSPS) is 17.5. The van der Waals surface area contributed by atoms with E-state index in [2.05, 4.69) is 0 Å². The number of nitrogens with zero attached hydrogens (tertiary/aromatic N) is 1. The summed E-state index contributed by atoms with van der Waals surface area (Å²) in [6, 6.07) is 3.54. The van der Waals surface area contributed by atoms with Gasteiger partial charge < -0.3 is 19.8 Å². The first kappa shape index (κ1) is 19.1. The number of hydrogen-bond donors (Lipinski definition) is 2. The monoisotopic (exact) mass is 397 g/mol. The van der Waals surface area contributed by atoms with E-state index in [1.54, 1.807) is 11.0 Å². The van der Waals surface area contributed by atoms with Crippen molar-refractivity contribution in [2.75, 3.05) is 13.1 Å². The predicted molar refractivity (Wildman–Crippen MR) is 102 cm³/mol. The van der Waals surface area contributed by atoms with Crippen LogP contribution in [-0.2, 0) is 4.74 Å². The van der Waals surface area contributed by atoms with Crippen molar-refractivity contribution in [3.8, 4) is 0 Å². The Morgan fingerprint density at radius 1 is 1.23 bits per heavy atom. The minimum atomic E-state index is -0.921. The van der Waals surface area contributed by atoms with Crippen LogP contribution >= 0.6 is 22.7 Å². The Morgan fingerprint density at radius 3 is 2.42 bits per heavy atom. The first-order valence-corrected chi connectivity index (χ1v) is 10.2. The molecule has 1 saturated heterocycles. The van der Waals surface area contributed by atoms with E-state index in [0.29, 0.717) is 30.8 Å². The molecule has 2 aromatic rings. The van der Waals surface area contributed by atoms with Crippen molar-refractivity contribution in [1.29, 1.82) is 0 Å². The third-order valence-corrected chi connectivity index (χ3v) is 6.82. The molecule has 2 N–H and O–H groups in total. The maximum absolute atomic E-state index is 12.1. The van der Waals surface area contributed by atoms with E-state index in [0.717, 1.165) is 14.3 Å². The summed E-state index contributed by atoms with van der Waals surface area (Å²) in [5.41, 5.74) is -0.509. The number of aromatic carboxylic acids is 1. The fourth-order valence-corrected chi connectivity index (χ4v) is 5.45. The van der Waals surface area contributed by atoms with E-state index in [4.69, 9.17) is 9.84 Å². The molecule has 1 aliphatic heterocycles. The van der Waals surface area contributed by atoms with Crippen molar-refractivity contribution >= 4 is 44.1 Å². The highest BCUT2D eigenvalue weighted by molar-refractivity contribution is 7.39. The third kappa shape index (κ3) is 4.19. The zero-order chi connectivity index (χ0) is 19.1. The van der Waals surface area contributed by atoms with Gasteiger partial charge >= 0.3 is 12.1 Å². The largest absolute Gasteiger partial charge is 0.477 e. The molecule has 142 valence electrons. The first-order valence-electron chi connectivity index (χ1n) is 8.56. The van der Waals surface area contributed by atoms with Crippen LogP contribution in [0.5, 0.6) is 0 Å². The standard InChI is InChI=1S/C18H23NO5S2/c1-18(2,3)24-17(23)19-6-4-10(5-7-19)14(20)12-8-11-9-13(15(21)22)26-16(11)25-12/h8-10,14,20H,4-7H2,1-3H3,(H,21,22). The number of amides is 1. The topological polar surface area (TPSA) is 87.1 Å². The molecule has 0 spiro atoms. The molecule has 0 bridgehead atoms. The summed E-state index contributed by atoms with van der Waals surface area (Å²) in [5, 5.41) is 20.6. The summed E-state index contributed by atoms with van der Waals surface area (Å²) >= 11 is 2.69. The second-order valence-electron chi connectivity index (χ2n) is 7.56. The Hall–Kier alpha value is -1.64. The molecule has 8 heteroatoms. The molecule has 1 fully saturated rings. The van der Waals surface area contributed by atoms with Crippen LogP contribution in [0.2, 0.25) is 0 Å². The summed E-state index contributed by atoms with van der Waals surface area (Å²) in [5.74, 6) is -0.838. The smallest absolute Gasteiger partial charge is 0.410 e. The molecule has 1 aliphatic rings. The molecule has 1 amide bonds. The van der Waals surface area contributed by atoms with Crippen molar-refractivity contribution in [1.82, 2.24) is 4.90 Å². The summed E-state index contributed by atoms with van der Waals surface area (Å²) in [6.45, 7) is 6.68. The van der Waals surface area contributed by atoms with Gasteiger partial charge in [-0.15, -0.1) is 22.7 Å². The van der Waals surface area contributed by atoms with Crippen LogP contribution in [0, 0.1) is 5.92 Å². The average molecular weight is 398 g/mol. The number of carbonyl (C=O) groups is 2. The summed E-state index contributed by atoms with van der Waals surface area (Å²) in [7, 11) is 0. The van der Waals surface area contributed by atoms with Crippen LogP contribution in [0.3, 0.4) is 0 Å². The van der Waals surface area contributed by atoms with Crippen molar-refractivity contribution < 1.29 is 24.5 Å². The number of rotatable bonds is 3. The summed E-state index contributed by atoms with van der Waals surface area (Å²) in [4.78, 5) is 26.0. The van der Waals surface area contributed by atoms with Gasteiger partial charge in [-0.25, -0.2) is 9.59 Å². The van der Waals surface area contributed by atoms with E-state index in [1.165, 1.54) is 22.7 Å². The van der Waals surface area contributed by atoms with Gasteiger partial charge in [0.2, 0.25) is 0 Å². The number of hydrogen-bond acceptors (Lipinski definition) is 6. The Morgan fingerprint density at radius 2 is 1.88 bits per heavy atom. The number of thiophene rings is 2. The number of ether oxygens (including phenoxy) is 1. The van der Waals surface area contributed by atoms with E-state index in [-0.39, 0.29) is 12.0 Å². The van der Waals surface area contributed by atoms with Crippen LogP contribution in [0.1, 0.15) is 54.3 Å². The minimum absolute atomic E-state index is 0.0837. The Labute approximate surface area is 160 Å². The van der Waals surface area contributed by atoms with Crippen LogP contribution in [0.4, 0.5) is 4.79 Å². The van der Waals surface area contributed by atoms with Gasteiger partial charge in [0.05, 0.1) is 10.1 Å². The van der Waals surface area contributed by atoms with E-state index in [1.807, 2.05) is 26.8 Å². The second-order valence-corrected chi connectivity index (χ2v) is 9.95. The van der Waals surface area contributed by atoms with Gasteiger partial charge in [-0.2, -0.15) is 0 Å². The molecule has 1 atom stereocenters. The Balaban J connectivity index is 1.61. The van der Waals surface area contributed by atoms with Gasteiger partial charge in [0.15, 0.2) is 0 Å². The molecule has 3 rings (SSSR count). The third-order valence-electron chi connectivity index (χ3n) is 4.37. The SMILES string of the molecule is CC(C)(C)OC(=O)N1CCC(C(O)c2cc3cc(C(=O)O)sc3s2)CC1. The average Bonchev–Trinajstić information content (AvgIpc) is 3.11. The molecule has 0 saturated carbocycles. The lowest BCUT2D eigenvalue weighted by molar-refractivity contribution is 0.00809. The highest BCUT2D eigenvalue weighted by Crippen LogP contribution is 2.40. The van der Waals surface area contributed by atoms with Crippen LogP contribution in [-0.4, -0.2) is 45.9 Å². The molecule has 1 unspecified atom stereocenters. The van der Waals surface area contributed by atoms with Gasteiger partial charge in [-0.05, 0) is 51.7 Å². The van der Waals surface area contributed by atoms with E-state index in [9.17, 15) is 14.7 Å². The second kappa shape index (κ2) is 7.17. The molecule has 6 nitrogen and oxygen atoms in total. The molecular weight excluding hydrogens is 374 g/mol. The Kier molecular flexibility index (Phi) is 5.28. The van der Waals surface area contributed by atoms with Gasteiger partial charge in [0.1, 0.15) is 10.5 Å². The van der Waals surface area contributed by atoms with Crippen molar-refractivity contribution in [3.63, 3.8) is 0 Å². The molecule has 2 aromatic heterocycles. The predicted octanol–water partition coefficient (Wildman–Crippen LogP) is 4.34. The number of aliphatic hydroxyl groups excluding tert-OH is 1. The lowest BCUT2D eigenvalue weighted by atomic mass is 9.90. The molecule has 26 heavy (non-hydrogen) atoms. The molecule has 0 radical (unpaired) electrons. The first-order chi connectivity index (χ1) is 12.1. The van der Waals surface area contributed by atoms with Gasteiger partial charge in [-0.1, -0.05) is 0 Å². The maximum atomic E-state index is 12.1. The fourth-order valence-electron chi connectivity index (χ4n) is 3.07. The number of carboxylic acids is 1. The quantitative estimate of drug-likeness (QED) is 0.804. The molecule has 3 heterocycles. The zero-order valence-corrected chi connectivity index (χ0v) is 16.7. The lowest BCUT2D eigenvalue weighted by Crippen LogP contribution is -2.42. The number of carboxylic acid groups (broad SMARTS) is 1. The van der Waals surface area contributed by atoms with E-state index >= 15 is 0 Å². The maximum Gasteiger partial charge on any atom is 0.410 e. The van der Waals surface area contributed by atoms with Crippen molar-refractivity contribution in [2.24, 2.45) is 5.92 Å². The summed E-state index contributed by atoms with van der Waals surface area (Å²) < 4.78 is 6.32. The highest BCUT2D eigenvalue weighted by Gasteiger charge is 2.31. The van der Waals surface area contributed by atoms with Crippen molar-refractivity contribution in [3.05, 3.63) is 21.9 Å². The molecule has 0 aromatic carbocycles. The zero-order valence-electron chi connectivity index (χ0n) is 15.0. The highest BCUT2D eigenvalue weighted by atomic mass is 32.2. The number of likely N-dealkylation sites (tertiary alicyclic amines) is 1. The number of fused-ring (bicyclic) bond motifs is 1. The summed E-state index contributed by atoms with van der Waals surface area (Å²) in [6.07, 6.45) is 0.538. The van der Waals surface area contributed by atoms with Gasteiger partial charge in [-0.3, -0.25) is 0 Å². The number of aliphatic hydroxyl groups is 1. The molecular formula is C18H23NO5S2. The fraction of sp³-hybridized carbons (Fsp3) is 0.556. The van der Waals surface area contributed by atoms with Crippen LogP contribution in [0.15, 0.2) is 12.1 Å². The van der Waals surface area contributed by atoms with E-state index < -0.39 is 17.7 Å². The van der Waals surface area contributed by atoms with Crippen LogP contribution < -0.4 is 0 Å². The van der Waals surface area contributed by atoms with Crippen LogP contribution in [0.25, 0.3) is 9.40 Å². The van der Waals surface area contributed by atoms with Gasteiger partial charge in [0, 0.05) is 23.4 Å². The molecule has 0 aliphatic carbocycles. The lowest BCUT2D eigenvalue weighted by Gasteiger charge is -2.35. The Bertz CT molecular complexity index is 780. The minimum Gasteiger partial charge on any atom is -0.477 e. The number of piperidine rings is 1. The number of carbonyl (C=O) groups excluding carboxylic acids is 1.